The molecule has 2 aromatic heterocycles. The molecule has 21 heavy (non-hydrogen) atoms. The summed E-state index contributed by atoms with van der Waals surface area (Å²) in [6.45, 7) is 4.63. The molecule has 0 aliphatic heterocycles. The number of benzene rings is 1. The van der Waals surface area contributed by atoms with Gasteiger partial charge in [-0.25, -0.2) is 4.98 Å². The van der Waals surface area contributed by atoms with Gasteiger partial charge in [-0.2, -0.15) is 5.10 Å². The first-order valence-electron chi connectivity index (χ1n) is 6.88. The minimum absolute atomic E-state index is 0.605. The fourth-order valence-electron chi connectivity index (χ4n) is 2.17. The van der Waals surface area contributed by atoms with E-state index >= 15 is 0 Å². The molecule has 0 spiro atoms. The Balaban J connectivity index is 1.70. The van der Waals surface area contributed by atoms with Crippen molar-refractivity contribution < 1.29 is 4.42 Å². The highest BCUT2D eigenvalue weighted by atomic mass is 16.3. The molecular formula is C16H18N4O. The molecule has 0 saturated heterocycles. The molecule has 3 aromatic rings. The Morgan fingerprint density at radius 2 is 1.95 bits per heavy atom. The minimum atomic E-state index is 0.605. The number of nitrogens with zero attached hydrogens (tertiary/aromatic N) is 3. The van der Waals surface area contributed by atoms with Gasteiger partial charge < -0.3 is 9.73 Å². The summed E-state index contributed by atoms with van der Waals surface area (Å²) in [7, 11) is 1.91. The van der Waals surface area contributed by atoms with Crippen molar-refractivity contribution in [1.82, 2.24) is 14.8 Å². The maximum Gasteiger partial charge on any atom is 0.226 e. The van der Waals surface area contributed by atoms with E-state index < -0.39 is 0 Å². The molecule has 0 radical (unpaired) electrons. The van der Waals surface area contributed by atoms with Crippen molar-refractivity contribution in [3.05, 3.63) is 53.5 Å². The van der Waals surface area contributed by atoms with E-state index in [0.29, 0.717) is 12.4 Å². The molecule has 5 nitrogen and oxygen atoms in total. The molecule has 5 heteroatoms. The van der Waals surface area contributed by atoms with E-state index in [1.165, 1.54) is 5.56 Å². The number of aromatic nitrogens is 3. The summed E-state index contributed by atoms with van der Waals surface area (Å²) in [5, 5.41) is 7.60. The normalized spacial score (nSPS) is 10.8. The molecule has 108 valence electrons. The van der Waals surface area contributed by atoms with Gasteiger partial charge in [-0.05, 0) is 26.0 Å². The molecule has 0 bridgehead atoms. The van der Waals surface area contributed by atoms with Crippen molar-refractivity contribution in [2.75, 3.05) is 5.32 Å². The van der Waals surface area contributed by atoms with Crippen molar-refractivity contribution in [3.8, 4) is 11.5 Å². The first kappa shape index (κ1) is 13.4. The van der Waals surface area contributed by atoms with Gasteiger partial charge >= 0.3 is 0 Å². The highest BCUT2D eigenvalue weighted by Crippen LogP contribution is 2.19. The van der Waals surface area contributed by atoms with Crippen LogP contribution in [0.2, 0.25) is 0 Å². The molecule has 0 aliphatic carbocycles. The molecule has 2 heterocycles. The number of aryl methyl sites for hydroxylation is 3. The molecular weight excluding hydrogens is 264 g/mol. The van der Waals surface area contributed by atoms with Gasteiger partial charge in [-0.1, -0.05) is 17.7 Å². The zero-order chi connectivity index (χ0) is 14.8. The lowest BCUT2D eigenvalue weighted by Crippen LogP contribution is -2.04. The predicted octanol–water partition coefficient (Wildman–Crippen LogP) is 3.30. The summed E-state index contributed by atoms with van der Waals surface area (Å²) in [6.07, 6.45) is 1.69. The van der Waals surface area contributed by atoms with Crippen LogP contribution in [0, 0.1) is 13.8 Å². The molecule has 1 aromatic carbocycles. The van der Waals surface area contributed by atoms with Gasteiger partial charge in [0.25, 0.3) is 0 Å². The van der Waals surface area contributed by atoms with Crippen LogP contribution < -0.4 is 5.32 Å². The fraction of sp³-hybridized carbons (Fsp3) is 0.250. The van der Waals surface area contributed by atoms with Crippen molar-refractivity contribution in [2.24, 2.45) is 7.05 Å². The average Bonchev–Trinajstić information content (AvgIpc) is 3.04. The molecule has 0 fully saturated rings. The van der Waals surface area contributed by atoms with Gasteiger partial charge in [0, 0.05) is 18.7 Å². The maximum atomic E-state index is 5.54. The number of nitrogens with one attached hydrogen (secondary N) is 1. The van der Waals surface area contributed by atoms with Crippen LogP contribution in [0.4, 0.5) is 5.82 Å². The highest BCUT2D eigenvalue weighted by Gasteiger charge is 2.07. The van der Waals surface area contributed by atoms with E-state index in [1.54, 1.807) is 6.26 Å². The Bertz CT molecular complexity index is 740. The van der Waals surface area contributed by atoms with E-state index in [4.69, 9.17) is 4.42 Å². The largest absolute Gasteiger partial charge is 0.444 e. The zero-order valence-electron chi connectivity index (χ0n) is 12.4. The summed E-state index contributed by atoms with van der Waals surface area (Å²) in [4.78, 5) is 4.50. The SMILES string of the molecule is Cc1ccc(-c2nc(CNc3cc(C)nn3C)co2)cc1. The van der Waals surface area contributed by atoms with Gasteiger partial charge in [0.05, 0.1) is 17.9 Å². The van der Waals surface area contributed by atoms with E-state index in [0.717, 1.165) is 22.8 Å². The van der Waals surface area contributed by atoms with E-state index in [-0.39, 0.29) is 0 Å². The van der Waals surface area contributed by atoms with Crippen LogP contribution in [-0.4, -0.2) is 14.8 Å². The van der Waals surface area contributed by atoms with Gasteiger partial charge in [0.1, 0.15) is 12.1 Å². The third-order valence-electron chi connectivity index (χ3n) is 3.30. The maximum absolute atomic E-state index is 5.54. The number of hydrogen-bond donors (Lipinski definition) is 1. The third-order valence-corrected chi connectivity index (χ3v) is 3.30. The summed E-state index contributed by atoms with van der Waals surface area (Å²) < 4.78 is 7.36. The van der Waals surface area contributed by atoms with Crippen molar-refractivity contribution in [2.45, 2.75) is 20.4 Å². The molecule has 0 aliphatic rings. The molecule has 0 saturated carbocycles. The average molecular weight is 282 g/mol. The summed E-state index contributed by atoms with van der Waals surface area (Å²) >= 11 is 0. The first-order chi connectivity index (χ1) is 10.1. The molecule has 0 unspecified atom stereocenters. The quantitative estimate of drug-likeness (QED) is 0.797. The van der Waals surface area contributed by atoms with Crippen LogP contribution in [-0.2, 0) is 13.6 Å². The molecule has 3 rings (SSSR count). The highest BCUT2D eigenvalue weighted by molar-refractivity contribution is 5.53. The van der Waals surface area contributed by atoms with E-state index in [1.807, 2.05) is 36.9 Å². The van der Waals surface area contributed by atoms with Gasteiger partial charge in [0.15, 0.2) is 0 Å². The Kier molecular flexibility index (Phi) is 3.48. The summed E-state index contributed by atoms with van der Waals surface area (Å²) in [5.41, 5.74) is 4.06. The van der Waals surface area contributed by atoms with Crippen LogP contribution in [0.25, 0.3) is 11.5 Å². The number of hydrogen-bond acceptors (Lipinski definition) is 4. The van der Waals surface area contributed by atoms with Crippen LogP contribution >= 0.6 is 0 Å². The number of anilines is 1. The Hall–Kier alpha value is -2.56. The van der Waals surface area contributed by atoms with E-state index in [9.17, 15) is 0 Å². The van der Waals surface area contributed by atoms with E-state index in [2.05, 4.69) is 34.5 Å². The number of oxazole rings is 1. The Morgan fingerprint density at radius 1 is 1.19 bits per heavy atom. The second kappa shape index (κ2) is 5.44. The standard InChI is InChI=1S/C16H18N4O/c1-11-4-6-13(7-5-11)16-18-14(10-21-16)9-17-15-8-12(2)19-20(15)3/h4-8,10,17H,9H2,1-3H3. The van der Waals surface area contributed by atoms with Gasteiger partial charge in [-0.3, -0.25) is 4.68 Å². The van der Waals surface area contributed by atoms with Crippen molar-refractivity contribution in [1.29, 1.82) is 0 Å². The minimum Gasteiger partial charge on any atom is -0.444 e. The lowest BCUT2D eigenvalue weighted by atomic mass is 10.1. The molecule has 1 N–H and O–H groups in total. The molecule has 0 atom stereocenters. The van der Waals surface area contributed by atoms with Crippen molar-refractivity contribution >= 4 is 5.82 Å². The monoisotopic (exact) mass is 282 g/mol. The lowest BCUT2D eigenvalue weighted by molar-refractivity contribution is 0.573. The first-order valence-corrected chi connectivity index (χ1v) is 6.88. The smallest absolute Gasteiger partial charge is 0.226 e. The fourth-order valence-corrected chi connectivity index (χ4v) is 2.17. The van der Waals surface area contributed by atoms with Crippen LogP contribution in [0.1, 0.15) is 17.0 Å². The summed E-state index contributed by atoms with van der Waals surface area (Å²) in [5.74, 6) is 1.61. The second-order valence-corrected chi connectivity index (χ2v) is 5.16. The number of rotatable bonds is 4. The van der Waals surface area contributed by atoms with Gasteiger partial charge in [-0.15, -0.1) is 0 Å². The zero-order valence-corrected chi connectivity index (χ0v) is 12.4. The van der Waals surface area contributed by atoms with Crippen LogP contribution in [0.5, 0.6) is 0 Å². The Morgan fingerprint density at radius 3 is 2.62 bits per heavy atom. The topological polar surface area (TPSA) is 55.9 Å². The van der Waals surface area contributed by atoms with Crippen LogP contribution in [0.3, 0.4) is 0 Å². The second-order valence-electron chi connectivity index (χ2n) is 5.16. The predicted molar refractivity (Wildman–Crippen MR) is 81.9 cm³/mol. The summed E-state index contributed by atoms with van der Waals surface area (Å²) in [6, 6.07) is 10.1. The van der Waals surface area contributed by atoms with Crippen LogP contribution in [0.15, 0.2) is 41.0 Å². The molecule has 0 amide bonds. The third kappa shape index (κ3) is 2.97. The van der Waals surface area contributed by atoms with Gasteiger partial charge in [0.2, 0.25) is 5.89 Å². The Labute approximate surface area is 123 Å². The van der Waals surface area contributed by atoms with Crippen molar-refractivity contribution in [3.63, 3.8) is 0 Å². The lowest BCUT2D eigenvalue weighted by Gasteiger charge is -2.03.